The maximum absolute atomic E-state index is 13.5. The average Bonchev–Trinajstić information content (AvgIpc) is 2.73. The van der Waals surface area contributed by atoms with Crippen LogP contribution in [0.2, 0.25) is 0 Å². The molecule has 0 bridgehead atoms. The van der Waals surface area contributed by atoms with Crippen LogP contribution in [-0.2, 0) is 6.54 Å². The fourth-order valence-electron chi connectivity index (χ4n) is 1.70. The van der Waals surface area contributed by atoms with Crippen LogP contribution in [0.5, 0.6) is 0 Å². The highest BCUT2D eigenvalue weighted by molar-refractivity contribution is 5.63. The van der Waals surface area contributed by atoms with Gasteiger partial charge in [0.15, 0.2) is 5.82 Å². The Kier molecular flexibility index (Phi) is 3.41. The molecule has 0 amide bonds. The fourth-order valence-corrected chi connectivity index (χ4v) is 1.70. The molecule has 1 aromatic heterocycles. The molecule has 8 heteroatoms. The second-order valence-electron chi connectivity index (χ2n) is 3.95. The van der Waals surface area contributed by atoms with Crippen LogP contribution in [0.3, 0.4) is 0 Å². The van der Waals surface area contributed by atoms with E-state index in [0.29, 0.717) is 11.7 Å². The summed E-state index contributed by atoms with van der Waals surface area (Å²) in [6, 6.07) is 3.93. The number of rotatable bonds is 4. The van der Waals surface area contributed by atoms with Gasteiger partial charge in [0.05, 0.1) is 11.5 Å². The lowest BCUT2D eigenvalue weighted by molar-refractivity contribution is -0.386. The molecule has 2 aromatic rings. The van der Waals surface area contributed by atoms with Gasteiger partial charge < -0.3 is 9.42 Å². The number of hydrogen-bond donors (Lipinski definition) is 0. The van der Waals surface area contributed by atoms with Crippen molar-refractivity contribution in [2.45, 2.75) is 13.5 Å². The molecule has 2 rings (SSSR count). The summed E-state index contributed by atoms with van der Waals surface area (Å²) in [6.07, 6.45) is 0. The largest absolute Gasteiger partial charge is 0.361 e. The first-order valence-electron chi connectivity index (χ1n) is 5.42. The molecule has 0 fully saturated rings. The van der Waals surface area contributed by atoms with Crippen molar-refractivity contribution in [1.29, 1.82) is 0 Å². The van der Waals surface area contributed by atoms with Crippen molar-refractivity contribution in [2.24, 2.45) is 0 Å². The van der Waals surface area contributed by atoms with E-state index >= 15 is 0 Å². The van der Waals surface area contributed by atoms with E-state index in [-0.39, 0.29) is 12.2 Å². The number of nitrogens with zero attached hydrogens (tertiary/aromatic N) is 4. The molecule has 0 radical (unpaired) electrons. The van der Waals surface area contributed by atoms with Gasteiger partial charge in [-0.05, 0) is 12.1 Å². The Morgan fingerprint density at radius 2 is 2.26 bits per heavy atom. The van der Waals surface area contributed by atoms with Crippen molar-refractivity contribution in [3.05, 3.63) is 45.8 Å². The van der Waals surface area contributed by atoms with Crippen molar-refractivity contribution in [1.82, 2.24) is 10.1 Å². The van der Waals surface area contributed by atoms with Gasteiger partial charge in [0.2, 0.25) is 11.7 Å². The molecule has 100 valence electrons. The zero-order valence-corrected chi connectivity index (χ0v) is 10.3. The van der Waals surface area contributed by atoms with Crippen molar-refractivity contribution >= 4 is 11.4 Å². The van der Waals surface area contributed by atoms with E-state index in [0.717, 1.165) is 6.07 Å². The minimum atomic E-state index is -0.876. The van der Waals surface area contributed by atoms with Crippen LogP contribution in [0.25, 0.3) is 0 Å². The summed E-state index contributed by atoms with van der Waals surface area (Å²) >= 11 is 0. The number of aryl methyl sites for hydroxylation is 1. The van der Waals surface area contributed by atoms with Crippen LogP contribution in [0.4, 0.5) is 15.8 Å². The Balaban J connectivity index is 2.31. The molecule has 0 aliphatic rings. The molecule has 1 heterocycles. The molecule has 0 aliphatic heterocycles. The minimum absolute atomic E-state index is 0.160. The topological polar surface area (TPSA) is 85.3 Å². The normalized spacial score (nSPS) is 10.5. The number of nitro benzene ring substituents is 1. The Morgan fingerprint density at radius 3 is 2.84 bits per heavy atom. The molecule has 19 heavy (non-hydrogen) atoms. The molecule has 0 spiro atoms. The van der Waals surface area contributed by atoms with Crippen molar-refractivity contribution < 1.29 is 13.8 Å². The molecule has 0 saturated heterocycles. The van der Waals surface area contributed by atoms with Gasteiger partial charge in [-0.2, -0.15) is 9.37 Å². The summed E-state index contributed by atoms with van der Waals surface area (Å²) < 4.78 is 18.3. The summed E-state index contributed by atoms with van der Waals surface area (Å²) in [5.74, 6) is -0.102. The summed E-state index contributed by atoms with van der Waals surface area (Å²) in [5.41, 5.74) is -0.405. The molecule has 0 unspecified atom stereocenters. The van der Waals surface area contributed by atoms with E-state index in [4.69, 9.17) is 4.52 Å². The van der Waals surface area contributed by atoms with E-state index in [2.05, 4.69) is 10.1 Å². The lowest BCUT2D eigenvalue weighted by Gasteiger charge is -2.17. The summed E-state index contributed by atoms with van der Waals surface area (Å²) in [5, 5.41) is 14.6. The summed E-state index contributed by atoms with van der Waals surface area (Å²) in [7, 11) is 1.59. The molecule has 7 nitrogen and oxygen atoms in total. The maximum atomic E-state index is 13.5. The summed E-state index contributed by atoms with van der Waals surface area (Å²) in [4.78, 5) is 15.6. The van der Waals surface area contributed by atoms with Crippen LogP contribution in [0.15, 0.2) is 22.7 Å². The molecule has 0 atom stereocenters. The third-order valence-electron chi connectivity index (χ3n) is 2.51. The van der Waals surface area contributed by atoms with E-state index < -0.39 is 16.4 Å². The first kappa shape index (κ1) is 12.9. The maximum Gasteiger partial charge on any atom is 0.327 e. The lowest BCUT2D eigenvalue weighted by Crippen LogP contribution is -2.19. The number of anilines is 1. The Morgan fingerprint density at radius 1 is 1.53 bits per heavy atom. The van der Waals surface area contributed by atoms with Gasteiger partial charge in [-0.3, -0.25) is 10.1 Å². The molecule has 0 N–H and O–H groups in total. The zero-order valence-electron chi connectivity index (χ0n) is 10.3. The number of hydrogen-bond acceptors (Lipinski definition) is 6. The van der Waals surface area contributed by atoms with Crippen LogP contribution in [-0.4, -0.2) is 22.1 Å². The Hall–Kier alpha value is -2.51. The SMILES string of the molecule is Cc1nc(CN(C)c2cccc(F)c2[N+](=O)[O-])no1. The Bertz CT molecular complexity index is 614. The Labute approximate surface area is 107 Å². The quantitative estimate of drug-likeness (QED) is 0.622. The van der Waals surface area contributed by atoms with Gasteiger partial charge >= 0.3 is 5.69 Å². The number of aromatic nitrogens is 2. The number of halogens is 1. The molecular formula is C11H11FN4O3. The molecule has 0 aliphatic carbocycles. The second kappa shape index (κ2) is 5.01. The third-order valence-corrected chi connectivity index (χ3v) is 2.51. The van der Waals surface area contributed by atoms with E-state index in [9.17, 15) is 14.5 Å². The highest BCUT2D eigenvalue weighted by Gasteiger charge is 2.23. The first-order chi connectivity index (χ1) is 8.99. The molecular weight excluding hydrogens is 255 g/mol. The molecule has 1 aromatic carbocycles. The second-order valence-corrected chi connectivity index (χ2v) is 3.95. The third kappa shape index (κ3) is 2.67. The number of para-hydroxylation sites is 1. The van der Waals surface area contributed by atoms with Crippen molar-refractivity contribution in [3.8, 4) is 0 Å². The molecule has 0 saturated carbocycles. The van der Waals surface area contributed by atoms with Crippen LogP contribution < -0.4 is 4.90 Å². The number of nitro groups is 1. The van der Waals surface area contributed by atoms with Crippen LogP contribution in [0, 0.1) is 22.9 Å². The smallest absolute Gasteiger partial charge is 0.327 e. The van der Waals surface area contributed by atoms with Crippen LogP contribution >= 0.6 is 0 Å². The predicted molar refractivity (Wildman–Crippen MR) is 64.2 cm³/mol. The van der Waals surface area contributed by atoms with E-state index in [1.54, 1.807) is 14.0 Å². The average molecular weight is 266 g/mol. The van der Waals surface area contributed by atoms with Crippen molar-refractivity contribution in [2.75, 3.05) is 11.9 Å². The number of benzene rings is 1. The highest BCUT2D eigenvalue weighted by atomic mass is 19.1. The first-order valence-corrected chi connectivity index (χ1v) is 5.42. The highest BCUT2D eigenvalue weighted by Crippen LogP contribution is 2.30. The van der Waals surface area contributed by atoms with Gasteiger partial charge in [-0.25, -0.2) is 0 Å². The van der Waals surface area contributed by atoms with Crippen LogP contribution in [0.1, 0.15) is 11.7 Å². The van der Waals surface area contributed by atoms with Crippen molar-refractivity contribution in [3.63, 3.8) is 0 Å². The standard InChI is InChI=1S/C11H11FN4O3/c1-7-13-10(14-19-7)6-15(2)9-5-3-4-8(12)11(9)16(17)18/h3-5H,6H2,1-2H3. The fraction of sp³-hybridized carbons (Fsp3) is 0.273. The summed E-state index contributed by atoms with van der Waals surface area (Å²) in [6.45, 7) is 1.82. The van der Waals surface area contributed by atoms with E-state index in [1.807, 2.05) is 0 Å². The van der Waals surface area contributed by atoms with Gasteiger partial charge in [-0.15, -0.1) is 0 Å². The van der Waals surface area contributed by atoms with Gasteiger partial charge in [0.25, 0.3) is 0 Å². The monoisotopic (exact) mass is 266 g/mol. The van der Waals surface area contributed by atoms with Gasteiger partial charge in [0, 0.05) is 14.0 Å². The van der Waals surface area contributed by atoms with E-state index in [1.165, 1.54) is 17.0 Å². The predicted octanol–water partition coefficient (Wildman–Crippen LogP) is 2.06. The van der Waals surface area contributed by atoms with Gasteiger partial charge in [-0.1, -0.05) is 11.2 Å². The minimum Gasteiger partial charge on any atom is -0.361 e. The van der Waals surface area contributed by atoms with Gasteiger partial charge in [0.1, 0.15) is 5.69 Å². The zero-order chi connectivity index (χ0) is 14.0. The lowest BCUT2D eigenvalue weighted by atomic mass is 10.2.